The van der Waals surface area contributed by atoms with Gasteiger partial charge >= 0.3 is 0 Å². The second kappa shape index (κ2) is 4.20. The molecule has 1 rings (SSSR count). The van der Waals surface area contributed by atoms with Gasteiger partial charge in [0.2, 0.25) is 0 Å². The summed E-state index contributed by atoms with van der Waals surface area (Å²) in [6, 6.07) is 1.95. The van der Waals surface area contributed by atoms with Gasteiger partial charge in [-0.15, -0.1) is 0 Å². The first-order valence-electron chi connectivity index (χ1n) is 4.39. The van der Waals surface area contributed by atoms with Crippen LogP contribution in [0.15, 0.2) is 12.1 Å². The molecule has 0 bridgehead atoms. The third-order valence-corrected chi connectivity index (χ3v) is 2.07. The molecule has 84 valence electrons. The zero-order valence-electron chi connectivity index (χ0n) is 8.23. The molecule has 1 atom stereocenters. The number of nitrogens with two attached hydrogens (primary N) is 1. The van der Waals surface area contributed by atoms with Gasteiger partial charge in [0, 0.05) is 5.54 Å². The van der Waals surface area contributed by atoms with Gasteiger partial charge in [0.25, 0.3) is 0 Å². The third-order valence-electron chi connectivity index (χ3n) is 2.07. The fraction of sp³-hybridized carbons (Fsp3) is 0.400. The van der Waals surface area contributed by atoms with Crippen molar-refractivity contribution in [3.05, 3.63) is 35.1 Å². The largest absolute Gasteiger partial charge is 0.394 e. The van der Waals surface area contributed by atoms with Crippen molar-refractivity contribution in [2.45, 2.75) is 18.9 Å². The van der Waals surface area contributed by atoms with Crippen LogP contribution in [0.1, 0.15) is 12.5 Å². The van der Waals surface area contributed by atoms with Gasteiger partial charge < -0.3 is 10.8 Å². The highest BCUT2D eigenvalue weighted by molar-refractivity contribution is 5.22. The van der Waals surface area contributed by atoms with Crippen molar-refractivity contribution in [1.82, 2.24) is 0 Å². The first-order valence-corrected chi connectivity index (χ1v) is 4.39. The lowest BCUT2D eigenvalue weighted by molar-refractivity contribution is 0.207. The molecule has 1 aromatic carbocycles. The van der Waals surface area contributed by atoms with Crippen molar-refractivity contribution >= 4 is 0 Å². The zero-order chi connectivity index (χ0) is 11.6. The molecule has 0 aliphatic rings. The van der Waals surface area contributed by atoms with E-state index in [1.807, 2.05) is 0 Å². The van der Waals surface area contributed by atoms with Crippen LogP contribution in [0, 0.1) is 17.5 Å². The van der Waals surface area contributed by atoms with Crippen LogP contribution in [0.25, 0.3) is 0 Å². The Labute approximate surface area is 85.5 Å². The highest BCUT2D eigenvalue weighted by atomic mass is 19.2. The van der Waals surface area contributed by atoms with E-state index in [-0.39, 0.29) is 18.6 Å². The highest BCUT2D eigenvalue weighted by Crippen LogP contribution is 2.18. The summed E-state index contributed by atoms with van der Waals surface area (Å²) in [6.07, 6.45) is -0.0630. The minimum Gasteiger partial charge on any atom is -0.394 e. The Morgan fingerprint density at radius 1 is 1.27 bits per heavy atom. The Balaban J connectivity index is 3.02. The van der Waals surface area contributed by atoms with E-state index in [1.54, 1.807) is 0 Å². The molecule has 5 heteroatoms. The van der Waals surface area contributed by atoms with Crippen LogP contribution in [-0.4, -0.2) is 17.3 Å². The van der Waals surface area contributed by atoms with Gasteiger partial charge in [-0.3, -0.25) is 0 Å². The van der Waals surface area contributed by atoms with E-state index in [9.17, 15) is 13.2 Å². The summed E-state index contributed by atoms with van der Waals surface area (Å²) in [7, 11) is 0. The Bertz CT molecular complexity index is 366. The summed E-state index contributed by atoms with van der Waals surface area (Å²) in [4.78, 5) is 0. The minimum absolute atomic E-state index is 0.0482. The van der Waals surface area contributed by atoms with Gasteiger partial charge in [-0.2, -0.15) is 0 Å². The molecule has 0 saturated heterocycles. The lowest BCUT2D eigenvalue weighted by Crippen LogP contribution is -2.42. The second-order valence-corrected chi connectivity index (χ2v) is 3.82. The normalized spacial score (nSPS) is 15.1. The molecular formula is C10H12F3NO. The third kappa shape index (κ3) is 2.70. The molecule has 2 nitrogen and oxygen atoms in total. The zero-order valence-corrected chi connectivity index (χ0v) is 8.23. The number of hydrogen-bond donors (Lipinski definition) is 2. The van der Waals surface area contributed by atoms with Crippen molar-refractivity contribution in [2.24, 2.45) is 5.73 Å². The molecule has 0 radical (unpaired) electrons. The Kier molecular flexibility index (Phi) is 3.36. The molecule has 15 heavy (non-hydrogen) atoms. The van der Waals surface area contributed by atoms with Crippen molar-refractivity contribution in [3.8, 4) is 0 Å². The molecule has 0 fully saturated rings. The van der Waals surface area contributed by atoms with Crippen molar-refractivity contribution in [2.75, 3.05) is 6.61 Å². The first kappa shape index (κ1) is 12.0. The van der Waals surface area contributed by atoms with Crippen LogP contribution in [0.4, 0.5) is 13.2 Å². The lowest BCUT2D eigenvalue weighted by Gasteiger charge is -2.21. The first-order chi connectivity index (χ1) is 6.87. The van der Waals surface area contributed by atoms with Crippen LogP contribution in [0.2, 0.25) is 0 Å². The van der Waals surface area contributed by atoms with Gasteiger partial charge in [0.1, 0.15) is 0 Å². The summed E-state index contributed by atoms with van der Waals surface area (Å²) in [5.41, 5.74) is 4.47. The average molecular weight is 219 g/mol. The maximum atomic E-state index is 13.2. The molecule has 0 aromatic heterocycles. The van der Waals surface area contributed by atoms with Gasteiger partial charge in [0.15, 0.2) is 17.5 Å². The summed E-state index contributed by atoms with van der Waals surface area (Å²) in [6.45, 7) is 1.12. The topological polar surface area (TPSA) is 46.2 Å². The fourth-order valence-electron chi connectivity index (χ4n) is 1.19. The standard InChI is InChI=1S/C10H12F3NO/c1-10(14,5-15)4-6-2-3-7(11)9(13)8(6)12/h2-3,15H,4-5,14H2,1H3. The highest BCUT2D eigenvalue weighted by Gasteiger charge is 2.22. The van der Waals surface area contributed by atoms with E-state index in [2.05, 4.69) is 0 Å². The van der Waals surface area contributed by atoms with E-state index in [0.29, 0.717) is 0 Å². The van der Waals surface area contributed by atoms with Gasteiger partial charge in [-0.05, 0) is 25.0 Å². The maximum absolute atomic E-state index is 13.2. The van der Waals surface area contributed by atoms with Crippen molar-refractivity contribution in [1.29, 1.82) is 0 Å². The number of hydrogen-bond acceptors (Lipinski definition) is 2. The van der Waals surface area contributed by atoms with Crippen molar-refractivity contribution < 1.29 is 18.3 Å². The quantitative estimate of drug-likeness (QED) is 0.754. The maximum Gasteiger partial charge on any atom is 0.194 e. The van der Waals surface area contributed by atoms with E-state index in [4.69, 9.17) is 10.8 Å². The number of rotatable bonds is 3. The second-order valence-electron chi connectivity index (χ2n) is 3.82. The van der Waals surface area contributed by atoms with Gasteiger partial charge in [-0.25, -0.2) is 13.2 Å². The molecule has 0 heterocycles. The molecule has 0 saturated carbocycles. The summed E-state index contributed by atoms with van der Waals surface area (Å²) in [5.74, 6) is -4.00. The Morgan fingerprint density at radius 2 is 1.87 bits per heavy atom. The van der Waals surface area contributed by atoms with Gasteiger partial charge in [0.05, 0.1) is 6.61 Å². The van der Waals surface area contributed by atoms with Crippen LogP contribution in [-0.2, 0) is 6.42 Å². The van der Waals surface area contributed by atoms with E-state index >= 15 is 0 Å². The molecule has 0 aliphatic heterocycles. The fourth-order valence-corrected chi connectivity index (χ4v) is 1.19. The summed E-state index contributed by atoms with van der Waals surface area (Å²) < 4.78 is 38.6. The Morgan fingerprint density at radius 3 is 2.40 bits per heavy atom. The molecule has 0 spiro atoms. The van der Waals surface area contributed by atoms with E-state index in [1.165, 1.54) is 6.92 Å². The number of aliphatic hydroxyl groups is 1. The van der Waals surface area contributed by atoms with E-state index in [0.717, 1.165) is 12.1 Å². The van der Waals surface area contributed by atoms with Crippen molar-refractivity contribution in [3.63, 3.8) is 0 Å². The van der Waals surface area contributed by atoms with Gasteiger partial charge in [-0.1, -0.05) is 6.07 Å². The SMILES string of the molecule is CC(N)(CO)Cc1ccc(F)c(F)c1F. The van der Waals surface area contributed by atoms with E-state index < -0.39 is 23.0 Å². The molecular weight excluding hydrogens is 207 g/mol. The Hall–Kier alpha value is -1.07. The lowest BCUT2D eigenvalue weighted by atomic mass is 9.94. The average Bonchev–Trinajstić information content (AvgIpc) is 2.19. The molecule has 3 N–H and O–H groups in total. The van der Waals surface area contributed by atoms with Crippen LogP contribution in [0.5, 0.6) is 0 Å². The predicted octanol–water partition coefficient (Wildman–Crippen LogP) is 1.36. The molecule has 1 aromatic rings. The number of benzene rings is 1. The number of halogens is 3. The number of aliphatic hydroxyl groups excluding tert-OH is 1. The predicted molar refractivity (Wildman–Crippen MR) is 49.7 cm³/mol. The molecule has 1 unspecified atom stereocenters. The smallest absolute Gasteiger partial charge is 0.194 e. The minimum atomic E-state index is -1.51. The molecule has 0 aliphatic carbocycles. The summed E-state index contributed by atoms with van der Waals surface area (Å²) in [5, 5.41) is 8.85. The van der Waals surface area contributed by atoms with Crippen LogP contribution >= 0.6 is 0 Å². The monoisotopic (exact) mass is 219 g/mol. The van der Waals surface area contributed by atoms with Crippen LogP contribution < -0.4 is 5.73 Å². The van der Waals surface area contributed by atoms with Crippen LogP contribution in [0.3, 0.4) is 0 Å². The summed E-state index contributed by atoms with van der Waals surface area (Å²) >= 11 is 0. The molecule has 0 amide bonds.